The highest BCUT2D eigenvalue weighted by Crippen LogP contribution is 2.30. The number of anilines is 1. The summed E-state index contributed by atoms with van der Waals surface area (Å²) in [6.45, 7) is 9.85. The van der Waals surface area contributed by atoms with E-state index in [0.717, 1.165) is 11.4 Å². The van der Waals surface area contributed by atoms with E-state index in [4.69, 9.17) is 0 Å². The number of benzene rings is 1. The van der Waals surface area contributed by atoms with E-state index in [0.29, 0.717) is 0 Å². The van der Waals surface area contributed by atoms with Crippen molar-refractivity contribution in [3.8, 4) is 0 Å². The summed E-state index contributed by atoms with van der Waals surface area (Å²) in [6, 6.07) is 4.36. The number of hydrogen-bond acceptors (Lipinski definition) is 2. The number of aromatic nitrogens is 1. The average molecular weight is 270 g/mol. The number of nitrogens with one attached hydrogen (secondary N) is 1. The molecule has 0 bridgehead atoms. The molecule has 0 saturated heterocycles. The second-order valence-corrected chi connectivity index (χ2v) is 5.52. The Morgan fingerprint density at radius 2 is 1.85 bits per heavy atom. The van der Waals surface area contributed by atoms with E-state index in [1.165, 1.54) is 27.7 Å². The van der Waals surface area contributed by atoms with Gasteiger partial charge in [-0.25, -0.2) is 0 Å². The van der Waals surface area contributed by atoms with E-state index in [9.17, 15) is 4.79 Å². The van der Waals surface area contributed by atoms with Gasteiger partial charge in [-0.05, 0) is 64.0 Å². The summed E-state index contributed by atoms with van der Waals surface area (Å²) < 4.78 is 2.21. The van der Waals surface area contributed by atoms with Crippen LogP contribution in [-0.4, -0.2) is 10.4 Å². The molecule has 3 nitrogen and oxygen atoms in total. The van der Waals surface area contributed by atoms with Crippen LogP contribution < -0.4 is 5.32 Å². The highest BCUT2D eigenvalue weighted by molar-refractivity contribution is 5.91. The lowest BCUT2D eigenvalue weighted by molar-refractivity contribution is -0.112. The van der Waals surface area contributed by atoms with Gasteiger partial charge in [-0.3, -0.25) is 4.79 Å². The molecule has 20 heavy (non-hydrogen) atoms. The van der Waals surface area contributed by atoms with Crippen molar-refractivity contribution in [2.24, 2.45) is 7.05 Å². The number of hydrogen-bond donors (Lipinski definition) is 1. The van der Waals surface area contributed by atoms with Crippen LogP contribution in [0.4, 0.5) is 5.69 Å². The van der Waals surface area contributed by atoms with Crippen LogP contribution in [0.3, 0.4) is 0 Å². The number of fused-ring (bicyclic) bond motifs is 1. The van der Waals surface area contributed by atoms with Gasteiger partial charge in [0.1, 0.15) is 0 Å². The third-order valence-corrected chi connectivity index (χ3v) is 3.91. The van der Waals surface area contributed by atoms with E-state index in [1.54, 1.807) is 13.0 Å². The lowest BCUT2D eigenvalue weighted by Crippen LogP contribution is -2.00. The van der Waals surface area contributed by atoms with Gasteiger partial charge >= 0.3 is 0 Å². The summed E-state index contributed by atoms with van der Waals surface area (Å²) in [7, 11) is 2.09. The highest BCUT2D eigenvalue weighted by Gasteiger charge is 2.11. The second kappa shape index (κ2) is 5.16. The number of allylic oxidation sites excluding steroid dienone is 2. The Hall–Kier alpha value is -2.03. The van der Waals surface area contributed by atoms with Gasteiger partial charge in [0.2, 0.25) is 0 Å². The summed E-state index contributed by atoms with van der Waals surface area (Å²) in [6.07, 6.45) is 1.62. The summed E-state index contributed by atoms with van der Waals surface area (Å²) in [5.41, 5.74) is 6.92. The number of rotatable bonds is 3. The first-order chi connectivity index (χ1) is 9.31. The zero-order valence-electron chi connectivity index (χ0n) is 13.1. The van der Waals surface area contributed by atoms with Crippen molar-refractivity contribution in [1.29, 1.82) is 0 Å². The molecule has 1 aromatic carbocycles. The van der Waals surface area contributed by atoms with Crippen molar-refractivity contribution in [3.63, 3.8) is 0 Å². The lowest BCUT2D eigenvalue weighted by atomic mass is 10.1. The predicted molar refractivity (Wildman–Crippen MR) is 85.2 cm³/mol. The molecule has 106 valence electrons. The van der Waals surface area contributed by atoms with E-state index in [1.807, 2.05) is 6.92 Å². The molecule has 0 unspecified atom stereocenters. The fourth-order valence-corrected chi connectivity index (χ4v) is 2.59. The summed E-state index contributed by atoms with van der Waals surface area (Å²) in [4.78, 5) is 11.1. The molecular formula is C17H22N2O. The maximum atomic E-state index is 11.1. The second-order valence-electron chi connectivity index (χ2n) is 5.52. The molecule has 1 N–H and O–H groups in total. The van der Waals surface area contributed by atoms with Gasteiger partial charge in [0.25, 0.3) is 0 Å². The molecule has 0 saturated carbocycles. The Morgan fingerprint density at radius 3 is 2.45 bits per heavy atom. The van der Waals surface area contributed by atoms with Gasteiger partial charge in [-0.15, -0.1) is 0 Å². The Morgan fingerprint density at radius 1 is 1.20 bits per heavy atom. The van der Waals surface area contributed by atoms with Gasteiger partial charge in [0, 0.05) is 29.5 Å². The fourth-order valence-electron chi connectivity index (χ4n) is 2.59. The van der Waals surface area contributed by atoms with Crippen LogP contribution in [0, 0.1) is 20.8 Å². The molecule has 0 atom stereocenters. The number of nitrogens with zero attached hydrogens (tertiary/aromatic N) is 1. The van der Waals surface area contributed by atoms with Gasteiger partial charge in [-0.1, -0.05) is 0 Å². The minimum atomic E-state index is 0.0549. The number of ketones is 1. The van der Waals surface area contributed by atoms with Crippen molar-refractivity contribution >= 4 is 22.4 Å². The molecule has 0 fully saturated rings. The molecule has 0 aliphatic rings. The first-order valence-electron chi connectivity index (χ1n) is 6.83. The van der Waals surface area contributed by atoms with Gasteiger partial charge in [0.15, 0.2) is 5.78 Å². The van der Waals surface area contributed by atoms with Crippen molar-refractivity contribution in [3.05, 3.63) is 40.7 Å². The van der Waals surface area contributed by atoms with Crippen molar-refractivity contribution in [2.45, 2.75) is 34.6 Å². The molecule has 0 radical (unpaired) electrons. The molecule has 1 aromatic heterocycles. The lowest BCUT2D eigenvalue weighted by Gasteiger charge is -2.11. The van der Waals surface area contributed by atoms with Crippen LogP contribution in [-0.2, 0) is 11.8 Å². The molecular weight excluding hydrogens is 248 g/mol. The highest BCUT2D eigenvalue weighted by atomic mass is 16.1. The van der Waals surface area contributed by atoms with E-state index < -0.39 is 0 Å². The molecule has 0 aliphatic heterocycles. The first kappa shape index (κ1) is 14.4. The Balaban J connectivity index is 2.53. The Labute approximate surface area is 120 Å². The van der Waals surface area contributed by atoms with Crippen LogP contribution in [0.1, 0.15) is 30.7 Å². The minimum Gasteiger partial charge on any atom is -0.359 e. The molecule has 0 amide bonds. The maximum absolute atomic E-state index is 11.1. The zero-order chi connectivity index (χ0) is 15.0. The smallest absolute Gasteiger partial charge is 0.154 e. The van der Waals surface area contributed by atoms with Crippen molar-refractivity contribution in [1.82, 2.24) is 4.57 Å². The molecule has 2 aromatic rings. The minimum absolute atomic E-state index is 0.0549. The Bertz CT molecular complexity index is 720. The topological polar surface area (TPSA) is 34.0 Å². The molecule has 2 rings (SSSR count). The predicted octanol–water partition coefficient (Wildman–Crippen LogP) is 4.01. The summed E-state index contributed by atoms with van der Waals surface area (Å²) in [5.74, 6) is 0.0549. The van der Waals surface area contributed by atoms with Crippen molar-refractivity contribution < 1.29 is 4.79 Å². The quantitative estimate of drug-likeness (QED) is 0.855. The third-order valence-electron chi connectivity index (χ3n) is 3.91. The first-order valence-corrected chi connectivity index (χ1v) is 6.83. The molecule has 0 spiro atoms. The molecule has 0 aliphatic carbocycles. The van der Waals surface area contributed by atoms with E-state index >= 15 is 0 Å². The van der Waals surface area contributed by atoms with Crippen LogP contribution in [0.25, 0.3) is 10.9 Å². The number of carbonyl (C=O) groups excluding carboxylic acids is 1. The normalized spacial score (nSPS) is 12.0. The van der Waals surface area contributed by atoms with Crippen LogP contribution >= 0.6 is 0 Å². The Kier molecular flexibility index (Phi) is 3.71. The standard InChI is InChI=1S/C17H22N2O/c1-10-7-15-13(4)14(5)19(6)17(15)9-16(10)18-11(2)8-12(3)20/h7-9,18H,1-6H3. The van der Waals surface area contributed by atoms with Crippen LogP contribution in [0.15, 0.2) is 23.9 Å². The SMILES string of the molecule is CC(=O)C=C(C)Nc1cc2c(cc1C)c(C)c(C)n2C. The van der Waals surface area contributed by atoms with Gasteiger partial charge in [-0.2, -0.15) is 0 Å². The van der Waals surface area contributed by atoms with E-state index in [-0.39, 0.29) is 5.78 Å². The average Bonchev–Trinajstić information content (AvgIpc) is 2.55. The molecule has 3 heteroatoms. The number of aryl methyl sites for hydroxylation is 3. The van der Waals surface area contributed by atoms with Crippen LogP contribution in [0.5, 0.6) is 0 Å². The monoisotopic (exact) mass is 270 g/mol. The van der Waals surface area contributed by atoms with Gasteiger partial charge < -0.3 is 9.88 Å². The fraction of sp³-hybridized carbons (Fsp3) is 0.353. The summed E-state index contributed by atoms with van der Waals surface area (Å²) >= 11 is 0. The van der Waals surface area contributed by atoms with Crippen molar-refractivity contribution in [2.75, 3.05) is 5.32 Å². The summed E-state index contributed by atoms with van der Waals surface area (Å²) in [5, 5.41) is 4.61. The zero-order valence-corrected chi connectivity index (χ0v) is 13.1. The molecule has 1 heterocycles. The number of carbonyl (C=O) groups is 1. The largest absolute Gasteiger partial charge is 0.359 e. The van der Waals surface area contributed by atoms with E-state index in [2.05, 4.69) is 49.8 Å². The maximum Gasteiger partial charge on any atom is 0.154 e. The van der Waals surface area contributed by atoms with Gasteiger partial charge in [0.05, 0.1) is 5.52 Å². The van der Waals surface area contributed by atoms with Crippen LogP contribution in [0.2, 0.25) is 0 Å². The third kappa shape index (κ3) is 2.48.